The number of carbonyl (C=O) groups excluding carboxylic acids is 2. The summed E-state index contributed by atoms with van der Waals surface area (Å²) in [6.07, 6.45) is 3.56. The van der Waals surface area contributed by atoms with Crippen molar-refractivity contribution in [1.29, 1.82) is 0 Å². The normalized spacial score (nSPS) is 19.0. The van der Waals surface area contributed by atoms with Crippen LogP contribution in [-0.2, 0) is 19.1 Å². The molecule has 1 aliphatic carbocycles. The number of esters is 2. The Morgan fingerprint density at radius 1 is 1.44 bits per heavy atom. The number of hydrogen-bond acceptors (Lipinski definition) is 8. The Morgan fingerprint density at radius 3 is 2.88 bits per heavy atom. The largest absolute Gasteiger partial charge is 0.462 e. The molecule has 0 bridgehead atoms. The summed E-state index contributed by atoms with van der Waals surface area (Å²) in [7, 11) is 0. The van der Waals surface area contributed by atoms with Crippen molar-refractivity contribution in [2.45, 2.75) is 26.4 Å². The summed E-state index contributed by atoms with van der Waals surface area (Å²) in [4.78, 5) is 34.4. The van der Waals surface area contributed by atoms with Gasteiger partial charge in [-0.05, 0) is 12.0 Å². The van der Waals surface area contributed by atoms with Crippen LogP contribution in [0.25, 0.3) is 17.4 Å². The predicted molar refractivity (Wildman–Crippen MR) is 89.3 cm³/mol. The van der Waals surface area contributed by atoms with Gasteiger partial charge in [-0.2, -0.15) is 9.97 Å². The molecule has 2 aromatic heterocycles. The van der Waals surface area contributed by atoms with Gasteiger partial charge in [-0.3, -0.25) is 14.2 Å². The van der Waals surface area contributed by atoms with Crippen LogP contribution < -0.4 is 5.73 Å². The van der Waals surface area contributed by atoms with Crippen molar-refractivity contribution in [1.82, 2.24) is 19.5 Å². The molecule has 2 aromatic rings. The van der Waals surface area contributed by atoms with Gasteiger partial charge in [-0.15, -0.1) is 0 Å². The number of nitrogen functional groups attached to an aromatic ring is 1. The second-order valence-electron chi connectivity index (χ2n) is 5.66. The Hall–Kier alpha value is -2.68. The molecule has 2 heterocycles. The summed E-state index contributed by atoms with van der Waals surface area (Å²) < 4.78 is 11.9. The summed E-state index contributed by atoms with van der Waals surface area (Å²) >= 11 is 6.00. The third-order valence-electron chi connectivity index (χ3n) is 3.69. The second-order valence-corrected chi connectivity index (χ2v) is 6.02. The number of halogens is 1. The van der Waals surface area contributed by atoms with Gasteiger partial charge in [0.15, 0.2) is 10.8 Å². The molecule has 0 saturated heterocycles. The second kappa shape index (κ2) is 6.67. The lowest BCUT2D eigenvalue weighted by molar-refractivity contribution is -0.157. The Morgan fingerprint density at radius 2 is 2.20 bits per heavy atom. The van der Waals surface area contributed by atoms with Gasteiger partial charge in [-0.25, -0.2) is 4.98 Å². The van der Waals surface area contributed by atoms with E-state index >= 15 is 0 Å². The highest BCUT2D eigenvalue weighted by Gasteiger charge is 2.40. The summed E-state index contributed by atoms with van der Waals surface area (Å²) in [5.41, 5.74) is 7.56. The van der Waals surface area contributed by atoms with Gasteiger partial charge in [0.2, 0.25) is 5.95 Å². The Balaban J connectivity index is 1.81. The molecule has 0 unspecified atom stereocenters. The number of imidazole rings is 1. The fourth-order valence-corrected chi connectivity index (χ4v) is 2.75. The molecule has 0 spiro atoms. The minimum absolute atomic E-state index is 0.0164. The number of anilines is 1. The molecule has 1 saturated carbocycles. The number of carbonyl (C=O) groups is 2. The van der Waals surface area contributed by atoms with Gasteiger partial charge in [0, 0.05) is 26.0 Å². The molecular formula is C15H16ClN5O4. The van der Waals surface area contributed by atoms with E-state index in [9.17, 15) is 9.59 Å². The van der Waals surface area contributed by atoms with Crippen LogP contribution >= 0.6 is 11.6 Å². The molecule has 0 aliphatic heterocycles. The Labute approximate surface area is 147 Å². The fourth-order valence-electron chi connectivity index (χ4n) is 2.53. The molecule has 9 nitrogen and oxygen atoms in total. The average Bonchev–Trinajstić information content (AvgIpc) is 3.15. The molecule has 0 amide bonds. The third-order valence-corrected chi connectivity index (χ3v) is 3.95. The zero-order chi connectivity index (χ0) is 18.1. The lowest BCUT2D eigenvalue weighted by Crippen LogP contribution is -2.25. The quantitative estimate of drug-likeness (QED) is 0.623. The van der Waals surface area contributed by atoms with Crippen LogP contribution in [0.5, 0.6) is 0 Å². The van der Waals surface area contributed by atoms with E-state index in [0.29, 0.717) is 17.6 Å². The van der Waals surface area contributed by atoms with E-state index in [0.717, 1.165) is 5.57 Å². The zero-order valence-electron chi connectivity index (χ0n) is 13.6. The van der Waals surface area contributed by atoms with E-state index in [1.807, 2.05) is 6.20 Å². The van der Waals surface area contributed by atoms with Crippen LogP contribution in [0.15, 0.2) is 11.9 Å². The van der Waals surface area contributed by atoms with Crippen molar-refractivity contribution in [3.05, 3.63) is 17.1 Å². The Bertz CT molecular complexity index is 878. The van der Waals surface area contributed by atoms with Crippen molar-refractivity contribution >= 4 is 46.9 Å². The first-order chi connectivity index (χ1) is 11.8. The first-order valence-corrected chi connectivity index (χ1v) is 7.89. The SMILES string of the molecule is CC(=O)OC[C@@H](OC(C)=O)[C@H]1C/C1=C\n1cnc2c(Cl)nc(N)nc21. The van der Waals surface area contributed by atoms with Crippen molar-refractivity contribution in [3.8, 4) is 0 Å². The number of fused-ring (bicyclic) bond motifs is 1. The minimum atomic E-state index is -0.522. The number of nitrogens with two attached hydrogens (primary N) is 1. The fraction of sp³-hybridized carbons (Fsp3) is 0.400. The average molecular weight is 366 g/mol. The van der Waals surface area contributed by atoms with Crippen LogP contribution in [0, 0.1) is 5.92 Å². The van der Waals surface area contributed by atoms with Gasteiger partial charge in [0.25, 0.3) is 0 Å². The van der Waals surface area contributed by atoms with Crippen molar-refractivity contribution in [2.24, 2.45) is 5.92 Å². The van der Waals surface area contributed by atoms with E-state index in [2.05, 4.69) is 15.0 Å². The lowest BCUT2D eigenvalue weighted by atomic mass is 10.2. The first-order valence-electron chi connectivity index (χ1n) is 7.52. The highest BCUT2D eigenvalue weighted by molar-refractivity contribution is 6.33. The third kappa shape index (κ3) is 3.87. The van der Waals surface area contributed by atoms with E-state index < -0.39 is 18.0 Å². The molecule has 25 heavy (non-hydrogen) atoms. The maximum Gasteiger partial charge on any atom is 0.303 e. The van der Waals surface area contributed by atoms with E-state index in [1.165, 1.54) is 13.8 Å². The van der Waals surface area contributed by atoms with E-state index in [4.69, 9.17) is 26.8 Å². The van der Waals surface area contributed by atoms with Crippen molar-refractivity contribution in [2.75, 3.05) is 12.3 Å². The van der Waals surface area contributed by atoms with E-state index in [1.54, 1.807) is 10.9 Å². The number of hydrogen-bond donors (Lipinski definition) is 1. The summed E-state index contributed by atoms with van der Waals surface area (Å²) in [5.74, 6) is -0.831. The maximum absolute atomic E-state index is 11.3. The molecule has 3 rings (SSSR count). The zero-order valence-corrected chi connectivity index (χ0v) is 14.4. The number of nitrogens with zero attached hydrogens (tertiary/aromatic N) is 4. The molecule has 0 radical (unpaired) electrons. The monoisotopic (exact) mass is 365 g/mol. The van der Waals surface area contributed by atoms with Crippen LogP contribution in [-0.4, -0.2) is 44.2 Å². The molecule has 1 fully saturated rings. The smallest absolute Gasteiger partial charge is 0.303 e. The van der Waals surface area contributed by atoms with Crippen LogP contribution in [0.4, 0.5) is 5.95 Å². The van der Waals surface area contributed by atoms with E-state index in [-0.39, 0.29) is 23.6 Å². The highest BCUT2D eigenvalue weighted by Crippen LogP contribution is 2.42. The summed E-state index contributed by atoms with van der Waals surface area (Å²) in [5, 5.41) is 0.180. The van der Waals surface area contributed by atoms with Crippen LogP contribution in [0.2, 0.25) is 5.15 Å². The molecule has 2 atom stereocenters. The van der Waals surface area contributed by atoms with Gasteiger partial charge >= 0.3 is 11.9 Å². The topological polar surface area (TPSA) is 122 Å². The Kier molecular flexibility index (Phi) is 4.58. The number of rotatable bonds is 5. The summed E-state index contributed by atoms with van der Waals surface area (Å²) in [6.45, 7) is 2.64. The van der Waals surface area contributed by atoms with Gasteiger partial charge < -0.3 is 15.2 Å². The van der Waals surface area contributed by atoms with Crippen molar-refractivity contribution < 1.29 is 19.1 Å². The molecule has 2 N–H and O–H groups in total. The molecule has 1 aliphatic rings. The predicted octanol–water partition coefficient (Wildman–Crippen LogP) is 1.42. The molecular weight excluding hydrogens is 350 g/mol. The maximum atomic E-state index is 11.3. The highest BCUT2D eigenvalue weighted by atomic mass is 35.5. The standard InChI is InChI=1S/C15H16ClN5O4/c1-7(22)24-5-11(25-8(2)23)10-3-9(10)4-21-6-18-12-13(16)19-15(17)20-14(12)21/h4,6,10-11H,3,5H2,1-2H3,(H2,17,19,20)/b9-4+/t10-,11+/m0/s1. The summed E-state index contributed by atoms with van der Waals surface area (Å²) in [6, 6.07) is 0. The first kappa shape index (κ1) is 17.2. The lowest BCUT2D eigenvalue weighted by Gasteiger charge is -2.15. The van der Waals surface area contributed by atoms with Crippen molar-refractivity contribution in [3.63, 3.8) is 0 Å². The molecule has 10 heteroatoms. The van der Waals surface area contributed by atoms with Gasteiger partial charge in [-0.1, -0.05) is 11.6 Å². The van der Waals surface area contributed by atoms with Gasteiger partial charge in [0.05, 0.1) is 0 Å². The minimum Gasteiger partial charge on any atom is -0.462 e. The number of ether oxygens (including phenoxy) is 2. The molecule has 0 aromatic carbocycles. The van der Waals surface area contributed by atoms with Crippen LogP contribution in [0.3, 0.4) is 0 Å². The molecule has 132 valence electrons. The van der Waals surface area contributed by atoms with Crippen LogP contribution in [0.1, 0.15) is 20.3 Å². The van der Waals surface area contributed by atoms with Gasteiger partial charge in [0.1, 0.15) is 24.6 Å². The number of aromatic nitrogens is 4.